The Morgan fingerprint density at radius 2 is 2.21 bits per heavy atom. The van der Waals surface area contributed by atoms with Gasteiger partial charge in [-0.1, -0.05) is 32.4 Å². The van der Waals surface area contributed by atoms with E-state index in [1.54, 1.807) is 5.57 Å². The molecule has 0 aliphatic heterocycles. The summed E-state index contributed by atoms with van der Waals surface area (Å²) >= 11 is 0. The van der Waals surface area contributed by atoms with E-state index >= 15 is 0 Å². The smallest absolute Gasteiger partial charge is 0.00141 e. The van der Waals surface area contributed by atoms with Crippen LogP contribution in [0.4, 0.5) is 0 Å². The average Bonchev–Trinajstić information content (AvgIpc) is 2.48. The fraction of sp³-hybridized carbons (Fsp3) is 0.846. The molecule has 14 heavy (non-hydrogen) atoms. The number of allylic oxidation sites excluding steroid dienone is 1. The summed E-state index contributed by atoms with van der Waals surface area (Å²) < 4.78 is 0. The van der Waals surface area contributed by atoms with Crippen LogP contribution in [0.3, 0.4) is 0 Å². The molecule has 0 radical (unpaired) electrons. The first kappa shape index (κ1) is 11.8. The Hall–Kier alpha value is -0.300. The van der Waals surface area contributed by atoms with Crippen molar-refractivity contribution in [2.45, 2.75) is 40.0 Å². The van der Waals surface area contributed by atoms with Gasteiger partial charge in [0.15, 0.2) is 0 Å². The zero-order valence-corrected chi connectivity index (χ0v) is 10.1. The molecule has 0 saturated carbocycles. The first-order chi connectivity index (χ1) is 6.67. The molecule has 0 saturated heterocycles. The maximum Gasteiger partial charge on any atom is 0.00141 e. The van der Waals surface area contributed by atoms with Crippen LogP contribution in [0, 0.1) is 17.8 Å². The summed E-state index contributed by atoms with van der Waals surface area (Å²) in [6.07, 6.45) is 6.52. The highest BCUT2D eigenvalue weighted by atomic mass is 14.8. The van der Waals surface area contributed by atoms with Gasteiger partial charge in [0.05, 0.1) is 0 Å². The Morgan fingerprint density at radius 1 is 1.50 bits per heavy atom. The Labute approximate surface area is 89.0 Å². The van der Waals surface area contributed by atoms with Crippen molar-refractivity contribution in [1.82, 2.24) is 5.32 Å². The van der Waals surface area contributed by atoms with Crippen molar-refractivity contribution in [1.29, 1.82) is 0 Å². The van der Waals surface area contributed by atoms with E-state index in [0.29, 0.717) is 0 Å². The van der Waals surface area contributed by atoms with Crippen LogP contribution in [0.2, 0.25) is 0 Å². The third-order valence-electron chi connectivity index (χ3n) is 3.18. The van der Waals surface area contributed by atoms with Gasteiger partial charge in [-0.05, 0) is 44.1 Å². The van der Waals surface area contributed by atoms with Crippen molar-refractivity contribution in [2.24, 2.45) is 17.8 Å². The average molecular weight is 195 g/mol. The maximum atomic E-state index is 3.32. The molecule has 82 valence electrons. The molecule has 0 aromatic rings. The molecule has 0 fully saturated rings. The van der Waals surface area contributed by atoms with E-state index in [1.165, 1.54) is 19.3 Å². The summed E-state index contributed by atoms with van der Waals surface area (Å²) in [4.78, 5) is 0. The molecule has 2 unspecified atom stereocenters. The van der Waals surface area contributed by atoms with E-state index in [2.05, 4.69) is 39.2 Å². The van der Waals surface area contributed by atoms with E-state index in [9.17, 15) is 0 Å². The predicted octanol–water partition coefficient (Wildman–Crippen LogP) is 3.22. The van der Waals surface area contributed by atoms with Crippen molar-refractivity contribution in [3.05, 3.63) is 11.6 Å². The Morgan fingerprint density at radius 3 is 2.71 bits per heavy atom. The first-order valence-corrected chi connectivity index (χ1v) is 6.02. The normalized spacial score (nSPS) is 27.1. The van der Waals surface area contributed by atoms with Gasteiger partial charge in [0, 0.05) is 6.54 Å². The molecule has 1 rings (SSSR count). The lowest BCUT2D eigenvalue weighted by Crippen LogP contribution is -2.19. The molecule has 0 amide bonds. The van der Waals surface area contributed by atoms with E-state index in [1.807, 2.05) is 0 Å². The second-order valence-corrected chi connectivity index (χ2v) is 5.00. The van der Waals surface area contributed by atoms with Crippen LogP contribution in [-0.2, 0) is 0 Å². The van der Waals surface area contributed by atoms with Gasteiger partial charge in [-0.3, -0.25) is 0 Å². The van der Waals surface area contributed by atoms with Crippen molar-refractivity contribution in [3.8, 4) is 0 Å². The van der Waals surface area contributed by atoms with Crippen molar-refractivity contribution in [2.75, 3.05) is 13.6 Å². The largest absolute Gasteiger partial charge is 0.319 e. The number of hydrogen-bond acceptors (Lipinski definition) is 1. The first-order valence-electron chi connectivity index (χ1n) is 6.02. The number of hydrogen-bond donors (Lipinski definition) is 1. The Bertz CT molecular complexity index is 193. The predicted molar refractivity (Wildman–Crippen MR) is 63.4 cm³/mol. The van der Waals surface area contributed by atoms with Gasteiger partial charge < -0.3 is 5.32 Å². The zero-order valence-electron chi connectivity index (χ0n) is 10.1. The van der Waals surface area contributed by atoms with Gasteiger partial charge in [-0.15, -0.1) is 0 Å². The molecular formula is C13H25N. The van der Waals surface area contributed by atoms with Gasteiger partial charge in [0.25, 0.3) is 0 Å². The minimum atomic E-state index is 0.802. The minimum Gasteiger partial charge on any atom is -0.319 e. The lowest BCUT2D eigenvalue weighted by Gasteiger charge is -2.16. The second kappa shape index (κ2) is 5.55. The van der Waals surface area contributed by atoms with Crippen LogP contribution in [0.15, 0.2) is 11.6 Å². The van der Waals surface area contributed by atoms with Crippen LogP contribution in [0.5, 0.6) is 0 Å². The molecule has 2 atom stereocenters. The van der Waals surface area contributed by atoms with Gasteiger partial charge in [-0.25, -0.2) is 0 Å². The standard InChI is InChI=1S/C13H25N/c1-5-11-7-12(6-10(2)3)13(8-11)9-14-4/h7,10-11,13-14H,5-6,8-9H2,1-4H3. The highest BCUT2D eigenvalue weighted by molar-refractivity contribution is 5.16. The molecular weight excluding hydrogens is 170 g/mol. The van der Waals surface area contributed by atoms with Crippen LogP contribution < -0.4 is 5.32 Å². The minimum absolute atomic E-state index is 0.802. The molecule has 0 aromatic heterocycles. The summed E-state index contributed by atoms with van der Waals surface area (Å²) in [6.45, 7) is 8.10. The summed E-state index contributed by atoms with van der Waals surface area (Å²) in [7, 11) is 2.06. The van der Waals surface area contributed by atoms with Gasteiger partial charge in [-0.2, -0.15) is 0 Å². The monoisotopic (exact) mass is 195 g/mol. The molecule has 1 nitrogen and oxygen atoms in total. The van der Waals surface area contributed by atoms with E-state index in [-0.39, 0.29) is 0 Å². The maximum absolute atomic E-state index is 3.32. The molecule has 0 heterocycles. The summed E-state index contributed by atoms with van der Waals surface area (Å²) in [5.74, 6) is 2.46. The lowest BCUT2D eigenvalue weighted by atomic mass is 9.93. The molecule has 1 aliphatic carbocycles. The van der Waals surface area contributed by atoms with Crippen LogP contribution >= 0.6 is 0 Å². The van der Waals surface area contributed by atoms with Crippen molar-refractivity contribution < 1.29 is 0 Å². The third kappa shape index (κ3) is 3.13. The quantitative estimate of drug-likeness (QED) is 0.664. The van der Waals surface area contributed by atoms with Crippen molar-refractivity contribution >= 4 is 0 Å². The molecule has 0 bridgehead atoms. The topological polar surface area (TPSA) is 12.0 Å². The van der Waals surface area contributed by atoms with E-state index < -0.39 is 0 Å². The van der Waals surface area contributed by atoms with Gasteiger partial charge in [0.2, 0.25) is 0 Å². The summed E-state index contributed by atoms with van der Waals surface area (Å²) in [5, 5.41) is 3.32. The molecule has 1 heteroatoms. The van der Waals surface area contributed by atoms with Crippen LogP contribution in [0.25, 0.3) is 0 Å². The van der Waals surface area contributed by atoms with Gasteiger partial charge in [0.1, 0.15) is 0 Å². The molecule has 0 aromatic carbocycles. The van der Waals surface area contributed by atoms with Crippen LogP contribution in [-0.4, -0.2) is 13.6 Å². The zero-order chi connectivity index (χ0) is 10.6. The van der Waals surface area contributed by atoms with Crippen molar-refractivity contribution in [3.63, 3.8) is 0 Å². The Balaban J connectivity index is 2.55. The van der Waals surface area contributed by atoms with E-state index in [4.69, 9.17) is 0 Å². The highest BCUT2D eigenvalue weighted by Crippen LogP contribution is 2.35. The SMILES string of the molecule is CCC1C=C(CC(C)C)C(CNC)C1. The number of nitrogens with one attached hydrogen (secondary N) is 1. The van der Waals surface area contributed by atoms with E-state index in [0.717, 1.165) is 24.3 Å². The summed E-state index contributed by atoms with van der Waals surface area (Å²) in [5.41, 5.74) is 1.71. The molecule has 1 N–H and O–H groups in total. The van der Waals surface area contributed by atoms with Gasteiger partial charge >= 0.3 is 0 Å². The van der Waals surface area contributed by atoms with Crippen LogP contribution in [0.1, 0.15) is 40.0 Å². The molecule has 0 spiro atoms. The second-order valence-electron chi connectivity index (χ2n) is 5.00. The highest BCUT2D eigenvalue weighted by Gasteiger charge is 2.24. The lowest BCUT2D eigenvalue weighted by molar-refractivity contribution is 0.466. The fourth-order valence-corrected chi connectivity index (χ4v) is 2.48. The summed E-state index contributed by atoms with van der Waals surface area (Å²) in [6, 6.07) is 0. The fourth-order valence-electron chi connectivity index (χ4n) is 2.48. The third-order valence-corrected chi connectivity index (χ3v) is 3.18. The Kier molecular flexibility index (Phi) is 4.67. The molecule has 1 aliphatic rings. The number of rotatable bonds is 5.